The average Bonchev–Trinajstić information content (AvgIpc) is 2.32. The third kappa shape index (κ3) is 2.72. The second-order valence-electron chi connectivity index (χ2n) is 4.07. The zero-order chi connectivity index (χ0) is 12.3. The van der Waals surface area contributed by atoms with E-state index < -0.39 is 0 Å². The Morgan fingerprint density at radius 3 is 2.53 bits per heavy atom. The van der Waals surface area contributed by atoms with Crippen LogP contribution in [-0.2, 0) is 0 Å². The summed E-state index contributed by atoms with van der Waals surface area (Å²) in [6, 6.07) is 12.0. The second kappa shape index (κ2) is 4.82. The van der Waals surface area contributed by atoms with Crippen LogP contribution in [0.2, 0.25) is 0 Å². The van der Waals surface area contributed by atoms with Crippen LogP contribution in [0.5, 0.6) is 0 Å². The largest absolute Gasteiger partial charge is 0.382 e. The van der Waals surface area contributed by atoms with Gasteiger partial charge in [-0.05, 0) is 37.1 Å². The van der Waals surface area contributed by atoms with E-state index in [1.54, 1.807) is 6.07 Å². The van der Waals surface area contributed by atoms with Gasteiger partial charge in [0.25, 0.3) is 0 Å². The molecule has 0 aliphatic heterocycles. The molecule has 0 radical (unpaired) electrons. The molecule has 0 bridgehead atoms. The molecule has 0 aliphatic carbocycles. The summed E-state index contributed by atoms with van der Waals surface area (Å²) in [6.45, 7) is 4.20. The number of hydrogen-bond donors (Lipinski definition) is 2. The van der Waals surface area contributed by atoms with Gasteiger partial charge in [-0.15, -0.1) is 10.2 Å². The summed E-state index contributed by atoms with van der Waals surface area (Å²) in [5, 5.41) is 11.1. The molecule has 3 N–H and O–H groups in total. The minimum Gasteiger partial charge on any atom is -0.382 e. The summed E-state index contributed by atoms with van der Waals surface area (Å²) >= 11 is 0. The molecule has 0 aliphatic rings. The topological polar surface area (TPSA) is 63.8 Å². The Balaban J connectivity index is 2.14. The quantitative estimate of drug-likeness (QED) is 0.847. The van der Waals surface area contributed by atoms with Crippen LogP contribution in [-0.4, -0.2) is 10.2 Å². The van der Waals surface area contributed by atoms with Crippen LogP contribution in [0, 0.1) is 6.92 Å². The lowest BCUT2D eigenvalue weighted by atomic mass is 10.0. The molecule has 4 heteroatoms. The number of anilines is 2. The number of rotatable bonds is 3. The first-order valence-electron chi connectivity index (χ1n) is 5.58. The summed E-state index contributed by atoms with van der Waals surface area (Å²) in [7, 11) is 0. The number of benzene rings is 1. The number of nitrogen functional groups attached to an aromatic ring is 1. The number of aryl methyl sites for hydroxylation is 1. The molecule has 88 valence electrons. The van der Waals surface area contributed by atoms with Crippen molar-refractivity contribution in [2.24, 2.45) is 0 Å². The van der Waals surface area contributed by atoms with E-state index in [-0.39, 0.29) is 6.04 Å². The van der Waals surface area contributed by atoms with E-state index in [0.29, 0.717) is 5.82 Å². The lowest BCUT2D eigenvalue weighted by Crippen LogP contribution is -2.10. The van der Waals surface area contributed by atoms with Gasteiger partial charge in [-0.3, -0.25) is 0 Å². The normalized spacial score (nSPS) is 12.1. The molecule has 1 unspecified atom stereocenters. The summed E-state index contributed by atoms with van der Waals surface area (Å²) < 4.78 is 0. The molecule has 1 aromatic heterocycles. The number of hydrogen-bond acceptors (Lipinski definition) is 4. The highest BCUT2D eigenvalue weighted by Crippen LogP contribution is 2.20. The lowest BCUT2D eigenvalue weighted by molar-refractivity contribution is 0.853. The maximum Gasteiger partial charge on any atom is 0.149 e. The number of nitrogens with two attached hydrogens (primary N) is 1. The molecular weight excluding hydrogens is 212 g/mol. The van der Waals surface area contributed by atoms with Gasteiger partial charge in [-0.2, -0.15) is 0 Å². The standard InChI is InChI=1S/C13H16N4/c1-9-5-3-4-6-11(9)10(2)15-13-8-7-12(14)16-17-13/h3-8,10H,1-2H3,(H2,14,16)(H,15,17). The van der Waals surface area contributed by atoms with Crippen molar-refractivity contribution in [3.8, 4) is 0 Å². The van der Waals surface area contributed by atoms with Crippen molar-refractivity contribution in [1.29, 1.82) is 0 Å². The van der Waals surface area contributed by atoms with Gasteiger partial charge in [0.1, 0.15) is 11.6 Å². The average molecular weight is 228 g/mol. The second-order valence-corrected chi connectivity index (χ2v) is 4.07. The van der Waals surface area contributed by atoms with E-state index in [1.807, 2.05) is 18.2 Å². The first-order chi connectivity index (χ1) is 8.16. The molecule has 4 nitrogen and oxygen atoms in total. The fourth-order valence-electron chi connectivity index (χ4n) is 1.79. The van der Waals surface area contributed by atoms with Crippen LogP contribution in [0.25, 0.3) is 0 Å². The molecule has 0 saturated heterocycles. The summed E-state index contributed by atoms with van der Waals surface area (Å²) in [4.78, 5) is 0. The zero-order valence-corrected chi connectivity index (χ0v) is 10.0. The van der Waals surface area contributed by atoms with Crippen LogP contribution in [0.4, 0.5) is 11.6 Å². The van der Waals surface area contributed by atoms with Gasteiger partial charge < -0.3 is 11.1 Å². The van der Waals surface area contributed by atoms with Gasteiger partial charge in [0.15, 0.2) is 0 Å². The van der Waals surface area contributed by atoms with Crippen molar-refractivity contribution in [3.05, 3.63) is 47.5 Å². The molecule has 1 heterocycles. The van der Waals surface area contributed by atoms with E-state index in [1.165, 1.54) is 11.1 Å². The Labute approximate surface area is 101 Å². The summed E-state index contributed by atoms with van der Waals surface area (Å²) in [5.74, 6) is 1.16. The summed E-state index contributed by atoms with van der Waals surface area (Å²) in [6.07, 6.45) is 0. The first kappa shape index (κ1) is 11.4. The number of nitrogens with one attached hydrogen (secondary N) is 1. The Hall–Kier alpha value is -2.10. The Morgan fingerprint density at radius 1 is 1.12 bits per heavy atom. The maximum atomic E-state index is 5.49. The van der Waals surface area contributed by atoms with Gasteiger partial charge >= 0.3 is 0 Å². The minimum absolute atomic E-state index is 0.189. The third-order valence-electron chi connectivity index (χ3n) is 2.70. The van der Waals surface area contributed by atoms with E-state index in [4.69, 9.17) is 5.73 Å². The molecular formula is C13H16N4. The van der Waals surface area contributed by atoms with Crippen molar-refractivity contribution in [2.75, 3.05) is 11.1 Å². The van der Waals surface area contributed by atoms with Gasteiger partial charge in [-0.25, -0.2) is 0 Å². The van der Waals surface area contributed by atoms with Crippen molar-refractivity contribution in [3.63, 3.8) is 0 Å². The predicted molar refractivity (Wildman–Crippen MR) is 69.7 cm³/mol. The predicted octanol–water partition coefficient (Wildman–Crippen LogP) is 2.54. The Kier molecular flexibility index (Phi) is 3.23. The molecule has 0 spiro atoms. The van der Waals surface area contributed by atoms with Crippen LogP contribution >= 0.6 is 0 Å². The van der Waals surface area contributed by atoms with Crippen LogP contribution in [0.15, 0.2) is 36.4 Å². The Morgan fingerprint density at radius 2 is 1.88 bits per heavy atom. The van der Waals surface area contributed by atoms with Crippen LogP contribution in [0.1, 0.15) is 24.1 Å². The monoisotopic (exact) mass is 228 g/mol. The molecule has 1 aromatic carbocycles. The third-order valence-corrected chi connectivity index (χ3v) is 2.70. The van der Waals surface area contributed by atoms with E-state index in [2.05, 4.69) is 41.5 Å². The van der Waals surface area contributed by atoms with Gasteiger partial charge in [0.2, 0.25) is 0 Å². The fourth-order valence-corrected chi connectivity index (χ4v) is 1.79. The summed E-state index contributed by atoms with van der Waals surface area (Å²) in [5.41, 5.74) is 8.01. The van der Waals surface area contributed by atoms with Crippen molar-refractivity contribution < 1.29 is 0 Å². The highest BCUT2D eigenvalue weighted by molar-refractivity contribution is 5.42. The Bertz CT molecular complexity index is 493. The molecule has 2 rings (SSSR count). The molecule has 0 saturated carbocycles. The molecule has 0 fully saturated rings. The smallest absolute Gasteiger partial charge is 0.149 e. The van der Waals surface area contributed by atoms with Crippen LogP contribution < -0.4 is 11.1 Å². The van der Waals surface area contributed by atoms with Crippen molar-refractivity contribution >= 4 is 11.6 Å². The minimum atomic E-state index is 0.189. The lowest BCUT2D eigenvalue weighted by Gasteiger charge is -2.16. The highest BCUT2D eigenvalue weighted by Gasteiger charge is 2.08. The fraction of sp³-hybridized carbons (Fsp3) is 0.231. The van der Waals surface area contributed by atoms with Crippen molar-refractivity contribution in [1.82, 2.24) is 10.2 Å². The van der Waals surface area contributed by atoms with Gasteiger partial charge in [0, 0.05) is 0 Å². The number of aromatic nitrogens is 2. The van der Waals surface area contributed by atoms with E-state index in [0.717, 1.165) is 5.82 Å². The van der Waals surface area contributed by atoms with Gasteiger partial charge in [-0.1, -0.05) is 24.3 Å². The molecule has 0 amide bonds. The molecule has 17 heavy (non-hydrogen) atoms. The SMILES string of the molecule is Cc1ccccc1C(C)Nc1ccc(N)nn1. The maximum absolute atomic E-state index is 5.49. The van der Waals surface area contributed by atoms with E-state index in [9.17, 15) is 0 Å². The molecule has 2 aromatic rings. The van der Waals surface area contributed by atoms with Crippen molar-refractivity contribution in [2.45, 2.75) is 19.9 Å². The highest BCUT2D eigenvalue weighted by atomic mass is 15.2. The van der Waals surface area contributed by atoms with E-state index >= 15 is 0 Å². The zero-order valence-electron chi connectivity index (χ0n) is 10.0. The number of nitrogens with zero attached hydrogens (tertiary/aromatic N) is 2. The van der Waals surface area contributed by atoms with Crippen LogP contribution in [0.3, 0.4) is 0 Å². The first-order valence-corrected chi connectivity index (χ1v) is 5.58. The van der Waals surface area contributed by atoms with Gasteiger partial charge in [0.05, 0.1) is 6.04 Å². The molecule has 1 atom stereocenters.